The first kappa shape index (κ1) is 14.2. The number of fused-ring (bicyclic) bond motifs is 1. The number of benzene rings is 1. The van der Waals surface area contributed by atoms with Gasteiger partial charge in [-0.15, -0.1) is 0 Å². The van der Waals surface area contributed by atoms with Crippen molar-refractivity contribution in [1.82, 2.24) is 9.72 Å². The first-order valence-corrected chi connectivity index (χ1v) is 8.01. The van der Waals surface area contributed by atoms with Crippen molar-refractivity contribution in [3.05, 3.63) is 45.0 Å². The van der Waals surface area contributed by atoms with Crippen molar-refractivity contribution >= 4 is 43.4 Å². The summed E-state index contributed by atoms with van der Waals surface area (Å²) in [6, 6.07) is 7.55. The molecule has 0 radical (unpaired) electrons. The van der Waals surface area contributed by atoms with Gasteiger partial charge >= 0.3 is 5.91 Å². The van der Waals surface area contributed by atoms with Crippen LogP contribution in [-0.4, -0.2) is 15.6 Å². The number of rotatable bonds is 2. The van der Waals surface area contributed by atoms with Gasteiger partial charge in [0.15, 0.2) is 10.5 Å². The van der Waals surface area contributed by atoms with Gasteiger partial charge in [-0.2, -0.15) is 4.99 Å². The summed E-state index contributed by atoms with van der Waals surface area (Å²) in [4.78, 5) is 17.0. The maximum Gasteiger partial charge on any atom is 0.301 e. The lowest BCUT2D eigenvalue weighted by Gasteiger charge is -2.01. The van der Waals surface area contributed by atoms with E-state index in [0.29, 0.717) is 10.6 Å². The summed E-state index contributed by atoms with van der Waals surface area (Å²) >= 11 is 5.03. The van der Waals surface area contributed by atoms with Gasteiger partial charge in [0.2, 0.25) is 0 Å². The van der Waals surface area contributed by atoms with Crippen LogP contribution >= 0.6 is 27.3 Å². The topological polar surface area (TPSA) is 60.4 Å². The molecule has 0 spiro atoms. The van der Waals surface area contributed by atoms with E-state index in [0.717, 1.165) is 21.2 Å². The van der Waals surface area contributed by atoms with E-state index in [1.807, 2.05) is 29.7 Å². The van der Waals surface area contributed by atoms with Crippen molar-refractivity contribution in [2.75, 3.05) is 0 Å². The second-order valence-electron chi connectivity index (χ2n) is 4.46. The molecule has 0 bridgehead atoms. The number of carbonyl (C=O) groups excluding carboxylic acids is 1. The number of aromatic nitrogens is 2. The highest BCUT2D eigenvalue weighted by Gasteiger charge is 2.12. The van der Waals surface area contributed by atoms with Crippen LogP contribution in [0.4, 0.5) is 0 Å². The van der Waals surface area contributed by atoms with Gasteiger partial charge < -0.3 is 9.09 Å². The van der Waals surface area contributed by atoms with Crippen molar-refractivity contribution in [1.29, 1.82) is 0 Å². The van der Waals surface area contributed by atoms with Crippen molar-refractivity contribution in [2.45, 2.75) is 20.4 Å². The summed E-state index contributed by atoms with van der Waals surface area (Å²) in [5, 5.41) is 3.71. The third-order valence-electron chi connectivity index (χ3n) is 3.01. The average Bonchev–Trinajstić information content (AvgIpc) is 3.03. The molecule has 0 aliphatic rings. The Hall–Kier alpha value is -1.73. The Kier molecular flexibility index (Phi) is 3.77. The van der Waals surface area contributed by atoms with Crippen LogP contribution in [0.2, 0.25) is 0 Å². The lowest BCUT2D eigenvalue weighted by molar-refractivity contribution is 0.0989. The maximum atomic E-state index is 12.1. The number of halogens is 1. The molecule has 0 saturated carbocycles. The quantitative estimate of drug-likeness (QED) is 0.697. The van der Waals surface area contributed by atoms with Gasteiger partial charge in [-0.05, 0) is 41.9 Å². The second kappa shape index (κ2) is 5.57. The Morgan fingerprint density at radius 3 is 3.00 bits per heavy atom. The van der Waals surface area contributed by atoms with Crippen LogP contribution in [-0.2, 0) is 6.54 Å². The number of hydrogen-bond donors (Lipinski definition) is 0. The van der Waals surface area contributed by atoms with E-state index in [9.17, 15) is 4.79 Å². The Balaban J connectivity index is 2.18. The molecule has 3 aromatic rings. The summed E-state index contributed by atoms with van der Waals surface area (Å²) in [5.74, 6) is 0.202. The highest BCUT2D eigenvalue weighted by molar-refractivity contribution is 9.10. The zero-order valence-electron chi connectivity index (χ0n) is 11.5. The zero-order chi connectivity index (χ0) is 15.0. The van der Waals surface area contributed by atoms with Crippen LogP contribution in [0.3, 0.4) is 0 Å². The van der Waals surface area contributed by atoms with Gasteiger partial charge in [0, 0.05) is 17.1 Å². The van der Waals surface area contributed by atoms with Gasteiger partial charge in [-0.25, -0.2) is 0 Å². The standard InChI is InChI=1S/C14H12BrN3O2S/c1-3-18-12-9(15)5-4-6-11(12)21-14(18)16-13(19)10-7-8(2)20-17-10/h4-7H,3H2,1-2H3. The predicted molar refractivity (Wildman–Crippen MR) is 84.3 cm³/mol. The molecule has 0 N–H and O–H groups in total. The number of aryl methyl sites for hydroxylation is 2. The normalized spacial score (nSPS) is 12.2. The molecule has 0 fully saturated rings. The lowest BCUT2D eigenvalue weighted by Crippen LogP contribution is -2.16. The second-order valence-corrected chi connectivity index (χ2v) is 6.32. The minimum atomic E-state index is -0.392. The number of para-hydroxylation sites is 1. The molecule has 21 heavy (non-hydrogen) atoms. The third-order valence-corrected chi connectivity index (χ3v) is 4.70. The number of amides is 1. The predicted octanol–water partition coefficient (Wildman–Crippen LogP) is 3.52. The monoisotopic (exact) mass is 365 g/mol. The molecule has 0 aliphatic carbocycles. The van der Waals surface area contributed by atoms with Gasteiger partial charge in [-0.1, -0.05) is 22.6 Å². The van der Waals surface area contributed by atoms with Crippen LogP contribution in [0.15, 0.2) is 38.3 Å². The Labute approximate surface area is 133 Å². The molecule has 0 saturated heterocycles. The average molecular weight is 366 g/mol. The molecule has 2 heterocycles. The molecule has 0 unspecified atom stereocenters. The van der Waals surface area contributed by atoms with Crippen LogP contribution < -0.4 is 4.80 Å². The van der Waals surface area contributed by atoms with E-state index in [1.54, 1.807) is 13.0 Å². The molecule has 7 heteroatoms. The van der Waals surface area contributed by atoms with E-state index in [2.05, 4.69) is 26.1 Å². The summed E-state index contributed by atoms with van der Waals surface area (Å²) in [6.45, 7) is 4.49. The Morgan fingerprint density at radius 1 is 1.52 bits per heavy atom. The number of carbonyl (C=O) groups is 1. The summed E-state index contributed by atoms with van der Waals surface area (Å²) < 4.78 is 8.99. The minimum absolute atomic E-state index is 0.228. The minimum Gasteiger partial charge on any atom is -0.361 e. The van der Waals surface area contributed by atoms with E-state index in [4.69, 9.17) is 4.52 Å². The van der Waals surface area contributed by atoms with Gasteiger partial charge in [0.1, 0.15) is 5.76 Å². The molecule has 0 aliphatic heterocycles. The fourth-order valence-electron chi connectivity index (χ4n) is 2.08. The smallest absolute Gasteiger partial charge is 0.301 e. The molecule has 3 rings (SSSR count). The fraction of sp³-hybridized carbons (Fsp3) is 0.214. The van der Waals surface area contributed by atoms with Crippen LogP contribution in [0, 0.1) is 6.92 Å². The molecule has 5 nitrogen and oxygen atoms in total. The molecule has 108 valence electrons. The third kappa shape index (κ3) is 2.58. The molecular weight excluding hydrogens is 354 g/mol. The summed E-state index contributed by atoms with van der Waals surface area (Å²) in [5.41, 5.74) is 1.28. The fourth-order valence-corrected chi connectivity index (χ4v) is 3.91. The first-order chi connectivity index (χ1) is 10.1. The Morgan fingerprint density at radius 2 is 2.33 bits per heavy atom. The SMILES string of the molecule is CCn1c(=NC(=O)c2cc(C)on2)sc2cccc(Br)c21. The zero-order valence-corrected chi connectivity index (χ0v) is 13.9. The van der Waals surface area contributed by atoms with Crippen molar-refractivity contribution in [2.24, 2.45) is 4.99 Å². The Bertz CT molecular complexity index is 891. The summed E-state index contributed by atoms with van der Waals surface area (Å²) in [7, 11) is 0. The van der Waals surface area contributed by atoms with E-state index in [1.165, 1.54) is 11.3 Å². The van der Waals surface area contributed by atoms with Gasteiger partial charge in [0.25, 0.3) is 0 Å². The molecular formula is C14H12BrN3O2S. The first-order valence-electron chi connectivity index (χ1n) is 6.40. The maximum absolute atomic E-state index is 12.1. The van der Waals surface area contributed by atoms with Crippen LogP contribution in [0.25, 0.3) is 10.2 Å². The van der Waals surface area contributed by atoms with Crippen molar-refractivity contribution in [3.63, 3.8) is 0 Å². The molecule has 2 aromatic heterocycles. The number of hydrogen-bond acceptors (Lipinski definition) is 4. The van der Waals surface area contributed by atoms with Crippen molar-refractivity contribution < 1.29 is 9.32 Å². The largest absolute Gasteiger partial charge is 0.361 e. The van der Waals surface area contributed by atoms with Crippen LogP contribution in [0.1, 0.15) is 23.2 Å². The highest BCUT2D eigenvalue weighted by atomic mass is 79.9. The molecule has 1 amide bonds. The van der Waals surface area contributed by atoms with Crippen LogP contribution in [0.5, 0.6) is 0 Å². The molecule has 0 atom stereocenters. The van der Waals surface area contributed by atoms with E-state index in [-0.39, 0.29) is 5.69 Å². The molecule has 1 aromatic carbocycles. The lowest BCUT2D eigenvalue weighted by atomic mass is 10.3. The number of nitrogens with zero attached hydrogens (tertiary/aromatic N) is 3. The van der Waals surface area contributed by atoms with E-state index >= 15 is 0 Å². The van der Waals surface area contributed by atoms with E-state index < -0.39 is 5.91 Å². The summed E-state index contributed by atoms with van der Waals surface area (Å²) in [6.07, 6.45) is 0. The highest BCUT2D eigenvalue weighted by Crippen LogP contribution is 2.25. The van der Waals surface area contributed by atoms with Gasteiger partial charge in [-0.3, -0.25) is 4.79 Å². The van der Waals surface area contributed by atoms with Crippen molar-refractivity contribution in [3.8, 4) is 0 Å². The number of thiazole rings is 1. The van der Waals surface area contributed by atoms with Gasteiger partial charge in [0.05, 0.1) is 10.2 Å².